The average Bonchev–Trinajstić information content (AvgIpc) is 3.15. The molecule has 1 saturated heterocycles. The van der Waals surface area contributed by atoms with Crippen molar-refractivity contribution in [3.05, 3.63) is 94.4 Å². The quantitative estimate of drug-likeness (QED) is 0.332. The van der Waals surface area contributed by atoms with Gasteiger partial charge in [0.15, 0.2) is 16.7 Å². The molecule has 1 amide bonds. The summed E-state index contributed by atoms with van der Waals surface area (Å²) in [6, 6.07) is 22.1. The van der Waals surface area contributed by atoms with E-state index in [9.17, 15) is 9.59 Å². The Balaban J connectivity index is 1.50. The zero-order chi connectivity index (χ0) is 24.8. The SMILES string of the molecule is COC(=O)c1ccc(N=C2S/C(=C/c3ccc(OCc4ccccc4)c(OC)c3)C(=O)N2C)cc1. The van der Waals surface area contributed by atoms with Crippen LogP contribution in [0.25, 0.3) is 6.08 Å². The van der Waals surface area contributed by atoms with Gasteiger partial charge in [0, 0.05) is 7.05 Å². The second kappa shape index (κ2) is 10.9. The van der Waals surface area contributed by atoms with Crippen LogP contribution in [0.2, 0.25) is 0 Å². The zero-order valence-electron chi connectivity index (χ0n) is 19.6. The van der Waals surface area contributed by atoms with E-state index in [-0.39, 0.29) is 5.91 Å². The Labute approximate surface area is 208 Å². The van der Waals surface area contributed by atoms with Crippen molar-refractivity contribution in [2.75, 3.05) is 21.3 Å². The highest BCUT2D eigenvalue weighted by molar-refractivity contribution is 8.18. The molecule has 7 nitrogen and oxygen atoms in total. The van der Waals surface area contributed by atoms with E-state index < -0.39 is 5.97 Å². The van der Waals surface area contributed by atoms with E-state index in [1.807, 2.05) is 48.5 Å². The molecule has 1 aliphatic heterocycles. The molecule has 8 heteroatoms. The zero-order valence-corrected chi connectivity index (χ0v) is 20.4. The minimum absolute atomic E-state index is 0.150. The van der Waals surface area contributed by atoms with Gasteiger partial charge in [0.25, 0.3) is 5.91 Å². The highest BCUT2D eigenvalue weighted by atomic mass is 32.2. The molecule has 0 aromatic heterocycles. The molecule has 0 atom stereocenters. The van der Waals surface area contributed by atoms with Gasteiger partial charge in [0.2, 0.25) is 0 Å². The van der Waals surface area contributed by atoms with Crippen LogP contribution < -0.4 is 9.47 Å². The fourth-order valence-electron chi connectivity index (χ4n) is 3.33. The van der Waals surface area contributed by atoms with Crippen LogP contribution in [0.4, 0.5) is 5.69 Å². The molecule has 0 N–H and O–H groups in total. The van der Waals surface area contributed by atoms with Crippen LogP contribution in [0.1, 0.15) is 21.5 Å². The summed E-state index contributed by atoms with van der Waals surface area (Å²) < 4.78 is 16.1. The van der Waals surface area contributed by atoms with E-state index in [0.29, 0.717) is 39.4 Å². The maximum atomic E-state index is 12.8. The van der Waals surface area contributed by atoms with Gasteiger partial charge in [-0.3, -0.25) is 9.69 Å². The highest BCUT2D eigenvalue weighted by Gasteiger charge is 2.30. The van der Waals surface area contributed by atoms with Crippen molar-refractivity contribution in [3.8, 4) is 11.5 Å². The van der Waals surface area contributed by atoms with Gasteiger partial charge in [-0.05, 0) is 65.4 Å². The lowest BCUT2D eigenvalue weighted by Gasteiger charge is -2.11. The van der Waals surface area contributed by atoms with E-state index in [2.05, 4.69) is 4.99 Å². The van der Waals surface area contributed by atoms with Crippen LogP contribution in [-0.2, 0) is 16.1 Å². The van der Waals surface area contributed by atoms with Crippen LogP contribution in [0, 0.1) is 0 Å². The summed E-state index contributed by atoms with van der Waals surface area (Å²) in [6.07, 6.45) is 1.80. The Morgan fingerprint density at radius 2 is 1.74 bits per heavy atom. The molecule has 0 spiro atoms. The first-order chi connectivity index (χ1) is 17.0. The predicted molar refractivity (Wildman–Crippen MR) is 137 cm³/mol. The van der Waals surface area contributed by atoms with Gasteiger partial charge in [-0.2, -0.15) is 0 Å². The summed E-state index contributed by atoms with van der Waals surface area (Å²) in [6.45, 7) is 0.428. The lowest BCUT2D eigenvalue weighted by Crippen LogP contribution is -2.23. The first kappa shape index (κ1) is 24.1. The fraction of sp³-hybridized carbons (Fsp3) is 0.148. The minimum atomic E-state index is -0.413. The number of thioether (sulfide) groups is 1. The van der Waals surface area contributed by atoms with Crippen LogP contribution in [0.5, 0.6) is 11.5 Å². The van der Waals surface area contributed by atoms with E-state index in [1.165, 1.54) is 23.8 Å². The topological polar surface area (TPSA) is 77.4 Å². The largest absolute Gasteiger partial charge is 0.493 e. The van der Waals surface area contributed by atoms with Gasteiger partial charge in [0.1, 0.15) is 6.61 Å². The van der Waals surface area contributed by atoms with Gasteiger partial charge in [-0.25, -0.2) is 9.79 Å². The molecule has 178 valence electrons. The molecular formula is C27H24N2O5S. The van der Waals surface area contributed by atoms with Crippen LogP contribution in [0.15, 0.2) is 82.7 Å². The third-order valence-electron chi connectivity index (χ3n) is 5.24. The Morgan fingerprint density at radius 3 is 2.43 bits per heavy atom. The summed E-state index contributed by atoms with van der Waals surface area (Å²) >= 11 is 1.28. The Bertz CT molecular complexity index is 1290. The molecule has 0 radical (unpaired) electrons. The number of likely N-dealkylation sites (N-methyl/N-ethyl adjacent to an activating group) is 1. The van der Waals surface area contributed by atoms with Gasteiger partial charge in [0.05, 0.1) is 30.4 Å². The number of rotatable bonds is 7. The van der Waals surface area contributed by atoms with E-state index in [1.54, 1.807) is 44.5 Å². The summed E-state index contributed by atoms with van der Waals surface area (Å²) in [5.41, 5.74) is 2.93. The second-order valence-corrected chi connectivity index (χ2v) is 8.60. The van der Waals surface area contributed by atoms with Crippen molar-refractivity contribution in [3.63, 3.8) is 0 Å². The van der Waals surface area contributed by atoms with E-state index >= 15 is 0 Å². The third kappa shape index (κ3) is 5.73. The lowest BCUT2D eigenvalue weighted by atomic mass is 10.2. The third-order valence-corrected chi connectivity index (χ3v) is 6.30. The summed E-state index contributed by atoms with van der Waals surface area (Å²) in [7, 11) is 4.60. The maximum Gasteiger partial charge on any atom is 0.337 e. The molecule has 1 aliphatic rings. The molecule has 35 heavy (non-hydrogen) atoms. The molecule has 0 bridgehead atoms. The number of hydrogen-bond acceptors (Lipinski definition) is 7. The van der Waals surface area contributed by atoms with Crippen molar-refractivity contribution in [2.24, 2.45) is 4.99 Å². The predicted octanol–water partition coefficient (Wildman–Crippen LogP) is 5.29. The number of benzene rings is 3. The number of carbonyl (C=O) groups is 2. The van der Waals surface area contributed by atoms with Gasteiger partial charge in [-0.1, -0.05) is 36.4 Å². The molecule has 1 fully saturated rings. The Kier molecular flexibility index (Phi) is 7.52. The summed E-state index contributed by atoms with van der Waals surface area (Å²) in [4.78, 5) is 31.0. The standard InChI is InChI=1S/C27H24N2O5S/c1-29-25(30)24(35-27(29)28-21-12-10-20(11-13-21)26(31)33-3)16-19-9-14-22(23(15-19)32-2)34-17-18-7-5-4-6-8-18/h4-16H,17H2,1-3H3/b24-16+,28-27?. The summed E-state index contributed by atoms with van der Waals surface area (Å²) in [5.74, 6) is 0.643. The van der Waals surface area contributed by atoms with Crippen LogP contribution in [-0.4, -0.2) is 43.2 Å². The number of amidine groups is 1. The fourth-order valence-corrected chi connectivity index (χ4v) is 4.32. The Morgan fingerprint density at radius 1 is 1.00 bits per heavy atom. The molecule has 0 saturated carbocycles. The van der Waals surface area contributed by atoms with E-state index in [4.69, 9.17) is 14.2 Å². The Hall–Kier alpha value is -4.04. The molecule has 0 aliphatic carbocycles. The number of hydrogen-bond donors (Lipinski definition) is 0. The van der Waals surface area contributed by atoms with Gasteiger partial charge in [-0.15, -0.1) is 0 Å². The molecular weight excluding hydrogens is 464 g/mol. The first-order valence-electron chi connectivity index (χ1n) is 10.8. The van der Waals surface area contributed by atoms with Crippen molar-refractivity contribution in [1.82, 2.24) is 4.90 Å². The number of aliphatic imine (C=N–C) groups is 1. The second-order valence-electron chi connectivity index (χ2n) is 7.59. The first-order valence-corrected chi connectivity index (χ1v) is 11.6. The highest BCUT2D eigenvalue weighted by Crippen LogP contribution is 2.35. The van der Waals surface area contributed by atoms with Crippen molar-refractivity contribution in [1.29, 1.82) is 0 Å². The lowest BCUT2D eigenvalue weighted by molar-refractivity contribution is -0.121. The van der Waals surface area contributed by atoms with Gasteiger partial charge < -0.3 is 14.2 Å². The monoisotopic (exact) mass is 488 g/mol. The number of carbonyl (C=O) groups excluding carboxylic acids is 2. The number of methoxy groups -OCH3 is 2. The molecule has 3 aromatic rings. The summed E-state index contributed by atoms with van der Waals surface area (Å²) in [5, 5.41) is 0.543. The molecule has 0 unspecified atom stereocenters. The molecule has 3 aromatic carbocycles. The smallest absolute Gasteiger partial charge is 0.337 e. The van der Waals surface area contributed by atoms with Crippen LogP contribution >= 0.6 is 11.8 Å². The number of amides is 1. The minimum Gasteiger partial charge on any atom is -0.493 e. The normalized spacial score (nSPS) is 15.5. The number of nitrogens with zero attached hydrogens (tertiary/aromatic N) is 2. The molecule has 4 rings (SSSR count). The van der Waals surface area contributed by atoms with E-state index in [0.717, 1.165) is 11.1 Å². The van der Waals surface area contributed by atoms with Crippen molar-refractivity contribution in [2.45, 2.75) is 6.61 Å². The van der Waals surface area contributed by atoms with Crippen molar-refractivity contribution >= 4 is 40.6 Å². The molecule has 1 heterocycles. The number of esters is 1. The van der Waals surface area contributed by atoms with Crippen LogP contribution in [0.3, 0.4) is 0 Å². The van der Waals surface area contributed by atoms with Gasteiger partial charge >= 0.3 is 5.97 Å². The van der Waals surface area contributed by atoms with Crippen molar-refractivity contribution < 1.29 is 23.8 Å². The number of ether oxygens (including phenoxy) is 3. The maximum absolute atomic E-state index is 12.8. The average molecular weight is 489 g/mol.